The Hall–Kier alpha value is -1.21. The summed E-state index contributed by atoms with van der Waals surface area (Å²) < 4.78 is 1.99. The third kappa shape index (κ3) is 6.90. The SMILES string of the molecule is CCCCCC(Cc1n[nH][n+](C)c1C=Cc1ccccc1)N(C)C.[I-]. The maximum Gasteiger partial charge on any atom is 0.227 e. The normalized spacial score (nSPS) is 12.5. The lowest BCUT2D eigenvalue weighted by Crippen LogP contribution is -3.00. The predicted molar refractivity (Wildman–Crippen MR) is 100 cm³/mol. The number of H-pyrrole nitrogens is 1. The predicted octanol–water partition coefficient (Wildman–Crippen LogP) is 0.462. The topological polar surface area (TPSA) is 35.8 Å². The molecule has 0 fully saturated rings. The van der Waals surface area contributed by atoms with Crippen LogP contribution in [0, 0.1) is 0 Å². The first-order chi connectivity index (χ1) is 11.6. The maximum atomic E-state index is 4.54. The molecule has 0 radical (unpaired) electrons. The zero-order valence-corrected chi connectivity index (χ0v) is 18.0. The van der Waals surface area contributed by atoms with Crippen molar-refractivity contribution in [3.8, 4) is 0 Å². The number of hydrogen-bond donors (Lipinski definition) is 1. The molecule has 1 heterocycles. The highest BCUT2D eigenvalue weighted by atomic mass is 127. The summed E-state index contributed by atoms with van der Waals surface area (Å²) in [7, 11) is 6.36. The van der Waals surface area contributed by atoms with Gasteiger partial charge in [0, 0.05) is 17.6 Å². The van der Waals surface area contributed by atoms with Gasteiger partial charge < -0.3 is 28.9 Å². The summed E-state index contributed by atoms with van der Waals surface area (Å²) in [5.74, 6) is 0. The van der Waals surface area contributed by atoms with Crippen molar-refractivity contribution in [2.75, 3.05) is 14.1 Å². The third-order valence-electron chi connectivity index (χ3n) is 4.53. The van der Waals surface area contributed by atoms with Gasteiger partial charge in [0.05, 0.1) is 0 Å². The molecule has 1 aromatic heterocycles. The molecule has 25 heavy (non-hydrogen) atoms. The number of aryl methyl sites for hydroxylation is 1. The Labute approximate surface area is 169 Å². The van der Waals surface area contributed by atoms with Gasteiger partial charge >= 0.3 is 0 Å². The van der Waals surface area contributed by atoms with Crippen LogP contribution in [0.2, 0.25) is 0 Å². The van der Waals surface area contributed by atoms with Gasteiger partial charge in [0.1, 0.15) is 7.05 Å². The van der Waals surface area contributed by atoms with Gasteiger partial charge in [0.2, 0.25) is 5.69 Å². The van der Waals surface area contributed by atoms with Crippen LogP contribution in [-0.2, 0) is 13.5 Å². The van der Waals surface area contributed by atoms with Gasteiger partial charge in [-0.15, -0.1) is 0 Å². The van der Waals surface area contributed by atoms with Crippen molar-refractivity contribution < 1.29 is 28.7 Å². The number of benzene rings is 1. The lowest BCUT2D eigenvalue weighted by atomic mass is 10.0. The van der Waals surface area contributed by atoms with Crippen LogP contribution in [0.1, 0.15) is 49.6 Å². The van der Waals surface area contributed by atoms with Crippen molar-refractivity contribution >= 4 is 12.2 Å². The fourth-order valence-corrected chi connectivity index (χ4v) is 2.93. The third-order valence-corrected chi connectivity index (χ3v) is 4.53. The molecule has 1 N–H and O–H groups in total. The van der Waals surface area contributed by atoms with Gasteiger partial charge in [-0.2, -0.15) is 4.68 Å². The van der Waals surface area contributed by atoms with E-state index in [1.54, 1.807) is 0 Å². The minimum absolute atomic E-state index is 0. The molecule has 0 saturated carbocycles. The molecule has 0 aliphatic rings. The van der Waals surface area contributed by atoms with Crippen molar-refractivity contribution in [3.05, 3.63) is 47.3 Å². The number of unbranched alkanes of at least 4 members (excludes halogenated alkanes) is 2. The Kier molecular flexibility index (Phi) is 9.97. The number of aromatic nitrogens is 3. The van der Waals surface area contributed by atoms with Crippen LogP contribution in [0.3, 0.4) is 0 Å². The van der Waals surface area contributed by atoms with E-state index in [-0.39, 0.29) is 24.0 Å². The van der Waals surface area contributed by atoms with E-state index in [0.29, 0.717) is 6.04 Å². The number of hydrogen-bond acceptors (Lipinski definition) is 2. The van der Waals surface area contributed by atoms with Gasteiger partial charge in [0.15, 0.2) is 5.69 Å². The monoisotopic (exact) mass is 454 g/mol. The molecule has 138 valence electrons. The summed E-state index contributed by atoms with van der Waals surface area (Å²) in [6.07, 6.45) is 10.4. The van der Waals surface area contributed by atoms with E-state index < -0.39 is 0 Å². The van der Waals surface area contributed by atoms with Crippen LogP contribution < -0.4 is 28.7 Å². The van der Waals surface area contributed by atoms with Gasteiger partial charge in [-0.1, -0.05) is 67.8 Å². The van der Waals surface area contributed by atoms with Gasteiger partial charge in [-0.05, 0) is 32.2 Å². The maximum absolute atomic E-state index is 4.54. The first-order valence-electron chi connectivity index (χ1n) is 8.94. The number of nitrogens with zero attached hydrogens (tertiary/aromatic N) is 3. The number of halogens is 1. The second-order valence-electron chi connectivity index (χ2n) is 6.66. The molecule has 0 spiro atoms. The lowest BCUT2D eigenvalue weighted by Gasteiger charge is -2.22. The number of aromatic amines is 1. The molecular weight excluding hydrogens is 423 g/mol. The Bertz CT molecular complexity index is 634. The standard InChI is InChI=1S/C20H30N4.HI/c1-5-6-8-13-18(23(2)3)16-19-20(24(4)22-21-19)15-14-17-11-9-7-10-12-17;/h7,9-12,14-15,18H,5-6,8,13,16H2,1-4H3;1H. The lowest BCUT2D eigenvalue weighted by molar-refractivity contribution is -0.732. The largest absolute Gasteiger partial charge is 1.00 e. The fraction of sp³-hybridized carbons (Fsp3) is 0.500. The smallest absolute Gasteiger partial charge is 0.227 e. The molecule has 0 amide bonds. The van der Waals surface area contributed by atoms with Crippen LogP contribution >= 0.6 is 0 Å². The summed E-state index contributed by atoms with van der Waals surface area (Å²) in [6, 6.07) is 10.9. The number of nitrogens with one attached hydrogen (secondary N) is 1. The highest BCUT2D eigenvalue weighted by Crippen LogP contribution is 2.15. The minimum Gasteiger partial charge on any atom is -1.00 e. The average Bonchev–Trinajstić information content (AvgIpc) is 2.93. The Balaban J connectivity index is 0.00000312. The van der Waals surface area contributed by atoms with E-state index in [4.69, 9.17) is 0 Å². The highest BCUT2D eigenvalue weighted by molar-refractivity contribution is 5.67. The second-order valence-corrected chi connectivity index (χ2v) is 6.66. The molecule has 0 aliphatic heterocycles. The number of likely N-dealkylation sites (N-methyl/N-ethyl adjacent to an activating group) is 1. The zero-order chi connectivity index (χ0) is 17.4. The molecule has 0 bridgehead atoms. The van der Waals surface area contributed by atoms with Gasteiger partial charge in [0.25, 0.3) is 0 Å². The molecule has 0 aliphatic carbocycles. The zero-order valence-electron chi connectivity index (χ0n) is 15.9. The molecule has 1 unspecified atom stereocenters. The molecule has 0 saturated heterocycles. The van der Waals surface area contributed by atoms with Crippen molar-refractivity contribution in [3.63, 3.8) is 0 Å². The summed E-state index contributed by atoms with van der Waals surface area (Å²) in [5, 5.41) is 7.62. The first-order valence-corrected chi connectivity index (χ1v) is 8.94. The van der Waals surface area contributed by atoms with E-state index in [0.717, 1.165) is 17.8 Å². The second kappa shape index (κ2) is 11.4. The van der Waals surface area contributed by atoms with Gasteiger partial charge in [-0.3, -0.25) is 0 Å². The first kappa shape index (κ1) is 21.8. The number of rotatable bonds is 9. The molecule has 5 heteroatoms. The highest BCUT2D eigenvalue weighted by Gasteiger charge is 2.22. The molecule has 4 nitrogen and oxygen atoms in total. The Morgan fingerprint density at radius 3 is 2.52 bits per heavy atom. The van der Waals surface area contributed by atoms with Crippen LogP contribution in [0.25, 0.3) is 12.2 Å². The van der Waals surface area contributed by atoms with E-state index >= 15 is 0 Å². The van der Waals surface area contributed by atoms with Crippen LogP contribution in [0.15, 0.2) is 30.3 Å². The molecule has 1 aromatic carbocycles. The average molecular weight is 454 g/mol. The molecular formula is C20H31IN4. The van der Waals surface area contributed by atoms with Gasteiger partial charge in [-0.25, -0.2) is 0 Å². The molecule has 1 atom stereocenters. The summed E-state index contributed by atoms with van der Waals surface area (Å²) in [4.78, 5) is 2.33. The van der Waals surface area contributed by atoms with Crippen LogP contribution in [0.5, 0.6) is 0 Å². The van der Waals surface area contributed by atoms with Crippen molar-refractivity contribution in [2.24, 2.45) is 7.05 Å². The van der Waals surface area contributed by atoms with E-state index in [1.807, 2.05) is 17.8 Å². The van der Waals surface area contributed by atoms with Crippen molar-refractivity contribution in [1.82, 2.24) is 15.2 Å². The molecule has 2 aromatic rings. The fourth-order valence-electron chi connectivity index (χ4n) is 2.93. The summed E-state index contributed by atoms with van der Waals surface area (Å²) in [6.45, 7) is 2.25. The van der Waals surface area contributed by atoms with Crippen molar-refractivity contribution in [2.45, 2.75) is 45.1 Å². The van der Waals surface area contributed by atoms with E-state index in [2.05, 4.69) is 72.6 Å². The van der Waals surface area contributed by atoms with Crippen molar-refractivity contribution in [1.29, 1.82) is 0 Å². The Morgan fingerprint density at radius 1 is 1.16 bits per heavy atom. The summed E-state index contributed by atoms with van der Waals surface area (Å²) >= 11 is 0. The summed E-state index contributed by atoms with van der Waals surface area (Å²) in [5.41, 5.74) is 3.50. The molecule has 2 rings (SSSR count). The quantitative estimate of drug-likeness (QED) is 0.340. The minimum atomic E-state index is 0. The van der Waals surface area contributed by atoms with E-state index in [9.17, 15) is 0 Å². The van der Waals surface area contributed by atoms with Crippen LogP contribution in [0.4, 0.5) is 0 Å². The van der Waals surface area contributed by atoms with E-state index in [1.165, 1.54) is 31.2 Å². The Morgan fingerprint density at radius 2 is 1.88 bits per heavy atom. The van der Waals surface area contributed by atoms with Crippen LogP contribution in [-0.4, -0.2) is 35.3 Å².